The third-order valence-electron chi connectivity index (χ3n) is 7.61. The van der Waals surface area contributed by atoms with Crippen molar-refractivity contribution >= 4 is 43.5 Å². The normalized spacial score (nSPS) is 14.6. The van der Waals surface area contributed by atoms with E-state index in [0.717, 1.165) is 52.0 Å². The molecule has 0 aliphatic heterocycles. The van der Waals surface area contributed by atoms with Crippen molar-refractivity contribution < 1.29 is 22.7 Å². The zero-order valence-electron chi connectivity index (χ0n) is 24.3. The first-order chi connectivity index (χ1) is 20.1. The molecule has 224 valence electrons. The Morgan fingerprint density at radius 2 is 1.67 bits per heavy atom. The summed E-state index contributed by atoms with van der Waals surface area (Å²) in [6.07, 6.45) is 5.12. The fourth-order valence-corrected chi connectivity index (χ4v) is 6.96. The second kappa shape index (κ2) is 14.2. The molecule has 0 saturated heterocycles. The summed E-state index contributed by atoms with van der Waals surface area (Å²) in [6, 6.07) is 19.8. The molecule has 2 amide bonds. The molecular formula is C32H38BrN3O5S. The molecule has 10 heteroatoms. The third-order valence-corrected chi connectivity index (χ3v) is 9.89. The lowest BCUT2D eigenvalue weighted by molar-refractivity contribution is -0.139. The largest absolute Gasteiger partial charge is 0.497 e. The molecular weight excluding hydrogens is 618 g/mol. The van der Waals surface area contributed by atoms with E-state index in [-0.39, 0.29) is 23.4 Å². The van der Waals surface area contributed by atoms with E-state index < -0.39 is 28.5 Å². The molecule has 1 aliphatic rings. The van der Waals surface area contributed by atoms with Crippen LogP contribution in [0.2, 0.25) is 0 Å². The highest BCUT2D eigenvalue weighted by Crippen LogP contribution is 2.27. The SMILES string of the molecule is COc1ccc(S(=O)(=O)N(CC(=O)N(Cc2cccc(Br)c2)C(C)C(=O)NC2CCCCC2)c2ccc(C)cc2)cc1. The van der Waals surface area contributed by atoms with Crippen LogP contribution in [0.4, 0.5) is 5.69 Å². The molecule has 8 nitrogen and oxygen atoms in total. The smallest absolute Gasteiger partial charge is 0.264 e. The lowest BCUT2D eigenvalue weighted by atomic mass is 9.95. The summed E-state index contributed by atoms with van der Waals surface area (Å²) in [5.41, 5.74) is 2.12. The molecule has 0 aromatic heterocycles. The van der Waals surface area contributed by atoms with Gasteiger partial charge in [-0.05, 0) is 80.8 Å². The average molecular weight is 657 g/mol. The van der Waals surface area contributed by atoms with Gasteiger partial charge in [0.1, 0.15) is 18.3 Å². The molecule has 1 aliphatic carbocycles. The van der Waals surface area contributed by atoms with Gasteiger partial charge in [0.2, 0.25) is 11.8 Å². The van der Waals surface area contributed by atoms with Crippen molar-refractivity contribution in [1.82, 2.24) is 10.2 Å². The Bertz CT molecular complexity index is 1470. The molecule has 0 spiro atoms. The number of nitrogens with zero attached hydrogens (tertiary/aromatic N) is 2. The zero-order chi connectivity index (χ0) is 30.3. The van der Waals surface area contributed by atoms with Gasteiger partial charge in [0.05, 0.1) is 17.7 Å². The topological polar surface area (TPSA) is 96.0 Å². The van der Waals surface area contributed by atoms with E-state index in [4.69, 9.17) is 4.74 Å². The predicted octanol–water partition coefficient (Wildman–Crippen LogP) is 5.83. The fraction of sp³-hybridized carbons (Fsp3) is 0.375. The maximum absolute atomic E-state index is 14.1. The van der Waals surface area contributed by atoms with E-state index in [1.54, 1.807) is 43.3 Å². The molecule has 0 radical (unpaired) electrons. The number of sulfonamides is 1. The van der Waals surface area contributed by atoms with E-state index in [1.807, 2.05) is 31.2 Å². The monoisotopic (exact) mass is 655 g/mol. The van der Waals surface area contributed by atoms with E-state index in [9.17, 15) is 18.0 Å². The summed E-state index contributed by atoms with van der Waals surface area (Å²) in [5.74, 6) is -0.214. The Hall–Kier alpha value is -3.37. The lowest BCUT2D eigenvalue weighted by Crippen LogP contribution is -2.53. The molecule has 1 fully saturated rings. The maximum Gasteiger partial charge on any atom is 0.264 e. The minimum Gasteiger partial charge on any atom is -0.497 e. The first kappa shape index (κ1) is 31.6. The van der Waals surface area contributed by atoms with Crippen LogP contribution >= 0.6 is 15.9 Å². The number of halogens is 1. The molecule has 1 N–H and O–H groups in total. The number of nitrogens with one attached hydrogen (secondary N) is 1. The van der Waals surface area contributed by atoms with Crippen molar-refractivity contribution in [2.45, 2.75) is 69.5 Å². The number of benzene rings is 3. The van der Waals surface area contributed by atoms with Gasteiger partial charge in [-0.3, -0.25) is 13.9 Å². The number of rotatable bonds is 11. The number of hydrogen-bond donors (Lipinski definition) is 1. The van der Waals surface area contributed by atoms with Crippen LogP contribution in [0.5, 0.6) is 5.75 Å². The van der Waals surface area contributed by atoms with Crippen LogP contribution in [0, 0.1) is 6.92 Å². The Labute approximate surface area is 257 Å². The number of carbonyl (C=O) groups excluding carboxylic acids is 2. The summed E-state index contributed by atoms with van der Waals surface area (Å²) in [4.78, 5) is 29.0. The van der Waals surface area contributed by atoms with Crippen LogP contribution in [-0.4, -0.2) is 50.9 Å². The first-order valence-corrected chi connectivity index (χ1v) is 16.4. The van der Waals surface area contributed by atoms with Gasteiger partial charge in [-0.1, -0.05) is 65.0 Å². The predicted molar refractivity (Wildman–Crippen MR) is 168 cm³/mol. The Kier molecular flexibility index (Phi) is 10.7. The van der Waals surface area contributed by atoms with Gasteiger partial charge in [0.25, 0.3) is 10.0 Å². The highest BCUT2D eigenvalue weighted by atomic mass is 79.9. The van der Waals surface area contributed by atoms with E-state index in [0.29, 0.717) is 11.4 Å². The zero-order valence-corrected chi connectivity index (χ0v) is 26.7. The Morgan fingerprint density at radius 3 is 2.29 bits per heavy atom. The highest BCUT2D eigenvalue weighted by molar-refractivity contribution is 9.10. The van der Waals surface area contributed by atoms with Crippen molar-refractivity contribution in [3.05, 3.63) is 88.4 Å². The number of ether oxygens (including phenoxy) is 1. The van der Waals surface area contributed by atoms with E-state index in [2.05, 4.69) is 21.2 Å². The van der Waals surface area contributed by atoms with Crippen molar-refractivity contribution in [1.29, 1.82) is 0 Å². The standard InChI is InChI=1S/C32H38BrN3O5S/c1-23-12-14-28(15-13-23)36(42(39,40)30-18-16-29(41-3)17-19-30)22-31(37)35(21-25-8-7-9-26(33)20-25)24(2)32(38)34-27-10-5-4-6-11-27/h7-9,12-20,24,27H,4-6,10-11,21-22H2,1-3H3,(H,34,38). The molecule has 1 atom stereocenters. The Balaban J connectivity index is 1.67. The van der Waals surface area contributed by atoms with Gasteiger partial charge >= 0.3 is 0 Å². The molecule has 3 aromatic rings. The Morgan fingerprint density at radius 1 is 1.00 bits per heavy atom. The van der Waals surface area contributed by atoms with Crippen LogP contribution in [0.3, 0.4) is 0 Å². The van der Waals surface area contributed by atoms with Crippen molar-refractivity contribution in [2.24, 2.45) is 0 Å². The van der Waals surface area contributed by atoms with Crippen molar-refractivity contribution in [2.75, 3.05) is 18.0 Å². The summed E-state index contributed by atoms with van der Waals surface area (Å²) in [5, 5.41) is 3.12. The number of aryl methyl sites for hydroxylation is 1. The maximum atomic E-state index is 14.1. The second-order valence-electron chi connectivity index (χ2n) is 10.7. The average Bonchev–Trinajstić information content (AvgIpc) is 2.99. The number of hydrogen-bond acceptors (Lipinski definition) is 5. The number of methoxy groups -OCH3 is 1. The van der Waals surface area contributed by atoms with Crippen molar-refractivity contribution in [3.63, 3.8) is 0 Å². The summed E-state index contributed by atoms with van der Waals surface area (Å²) >= 11 is 3.48. The van der Waals surface area contributed by atoms with E-state index in [1.165, 1.54) is 24.1 Å². The fourth-order valence-electron chi connectivity index (χ4n) is 5.10. The van der Waals surface area contributed by atoms with Gasteiger partial charge < -0.3 is 15.0 Å². The minimum absolute atomic E-state index is 0.0262. The minimum atomic E-state index is -4.15. The number of amides is 2. The van der Waals surface area contributed by atoms with Gasteiger partial charge in [-0.2, -0.15) is 0 Å². The summed E-state index contributed by atoms with van der Waals surface area (Å²) in [7, 11) is -2.64. The molecule has 4 rings (SSSR count). The molecule has 3 aromatic carbocycles. The third kappa shape index (κ3) is 7.92. The molecule has 0 bridgehead atoms. The molecule has 0 heterocycles. The summed E-state index contributed by atoms with van der Waals surface area (Å²) in [6.45, 7) is 3.26. The first-order valence-electron chi connectivity index (χ1n) is 14.2. The second-order valence-corrected chi connectivity index (χ2v) is 13.5. The van der Waals surface area contributed by atoms with Gasteiger partial charge in [-0.15, -0.1) is 0 Å². The molecule has 42 heavy (non-hydrogen) atoms. The lowest BCUT2D eigenvalue weighted by Gasteiger charge is -2.33. The van der Waals surface area contributed by atoms with Crippen LogP contribution in [-0.2, 0) is 26.2 Å². The van der Waals surface area contributed by atoms with Gasteiger partial charge in [0.15, 0.2) is 0 Å². The van der Waals surface area contributed by atoms with Gasteiger partial charge in [0, 0.05) is 17.1 Å². The number of anilines is 1. The van der Waals surface area contributed by atoms with Crippen molar-refractivity contribution in [3.8, 4) is 5.75 Å². The van der Waals surface area contributed by atoms with Crippen LogP contribution in [0.25, 0.3) is 0 Å². The highest BCUT2D eigenvalue weighted by Gasteiger charge is 2.33. The van der Waals surface area contributed by atoms with E-state index >= 15 is 0 Å². The van der Waals surface area contributed by atoms with Crippen LogP contribution in [0.15, 0.2) is 82.2 Å². The van der Waals surface area contributed by atoms with Crippen LogP contribution in [0.1, 0.15) is 50.2 Å². The number of carbonyl (C=O) groups is 2. The molecule has 1 saturated carbocycles. The summed E-state index contributed by atoms with van der Waals surface area (Å²) < 4.78 is 35.1. The quantitative estimate of drug-likeness (QED) is 0.281. The molecule has 1 unspecified atom stereocenters. The van der Waals surface area contributed by atoms with Gasteiger partial charge in [-0.25, -0.2) is 8.42 Å². The van der Waals surface area contributed by atoms with Crippen LogP contribution < -0.4 is 14.4 Å².